The zero-order valence-electron chi connectivity index (χ0n) is 11.3. The minimum absolute atomic E-state index is 0.0412. The first-order valence-corrected chi connectivity index (χ1v) is 6.63. The Morgan fingerprint density at radius 2 is 1.75 bits per heavy atom. The van der Waals surface area contributed by atoms with Gasteiger partial charge in [0.25, 0.3) is 5.91 Å². The Morgan fingerprint density at radius 1 is 1.25 bits per heavy atom. The smallest absolute Gasteiger partial charge is 0.257 e. The molecule has 0 saturated carbocycles. The van der Waals surface area contributed by atoms with Crippen LogP contribution in [0.25, 0.3) is 0 Å². The van der Waals surface area contributed by atoms with Crippen molar-refractivity contribution in [1.82, 2.24) is 10.6 Å². The maximum atomic E-state index is 13.6. The molecule has 0 aliphatic rings. The lowest BCUT2D eigenvalue weighted by Crippen LogP contribution is -2.44. The molecule has 0 radical (unpaired) electrons. The van der Waals surface area contributed by atoms with Crippen LogP contribution in [0, 0.1) is 17.0 Å². The topological polar surface area (TPSA) is 58.2 Å². The van der Waals surface area contributed by atoms with Crippen LogP contribution in [0.5, 0.6) is 0 Å². The second-order valence-electron chi connectivity index (χ2n) is 4.89. The predicted molar refractivity (Wildman–Crippen MR) is 74.2 cm³/mol. The Bertz CT molecular complexity index is 524. The largest absolute Gasteiger partial charge is 0.359 e. The van der Waals surface area contributed by atoms with E-state index in [1.807, 2.05) is 0 Å². The third kappa shape index (κ3) is 3.75. The minimum atomic E-state index is -0.966. The molecule has 1 aromatic rings. The van der Waals surface area contributed by atoms with Gasteiger partial charge in [0.2, 0.25) is 5.91 Å². The first-order chi connectivity index (χ1) is 9.19. The number of nitrogens with one attached hydrogen (secondary N) is 2. The second kappa shape index (κ2) is 6.30. The molecule has 7 heteroatoms. The number of carbonyl (C=O) groups excluding carboxylic acids is 2. The lowest BCUT2D eigenvalue weighted by Gasteiger charge is -2.22. The minimum Gasteiger partial charge on any atom is -0.359 e. The van der Waals surface area contributed by atoms with Gasteiger partial charge in [-0.25, -0.2) is 8.78 Å². The molecule has 0 aliphatic heterocycles. The Hall–Kier alpha value is -1.50. The summed E-state index contributed by atoms with van der Waals surface area (Å²) in [6, 6.07) is 2.00. The molecule has 0 atom stereocenters. The van der Waals surface area contributed by atoms with E-state index < -0.39 is 28.5 Å². The Labute approximate surface area is 124 Å². The standard InChI is InChI=1S/C13H15BrF2N2O2/c1-13(2,12(20)17-3)6-18-11(19)10-8(15)4-7(14)5-9(10)16/h4-5H,6H2,1-3H3,(H,17,20)(H,18,19). The molecule has 0 aliphatic carbocycles. The molecule has 0 heterocycles. The zero-order valence-corrected chi connectivity index (χ0v) is 12.9. The Balaban J connectivity index is 2.86. The highest BCUT2D eigenvalue weighted by Crippen LogP contribution is 2.20. The molecule has 1 rings (SSSR count). The van der Waals surface area contributed by atoms with Gasteiger partial charge in [-0.05, 0) is 26.0 Å². The quantitative estimate of drug-likeness (QED) is 0.876. The monoisotopic (exact) mass is 348 g/mol. The maximum absolute atomic E-state index is 13.6. The number of amides is 2. The van der Waals surface area contributed by atoms with Crippen molar-refractivity contribution in [1.29, 1.82) is 0 Å². The van der Waals surface area contributed by atoms with Crippen molar-refractivity contribution in [3.8, 4) is 0 Å². The summed E-state index contributed by atoms with van der Waals surface area (Å²) in [7, 11) is 1.47. The molecule has 0 fully saturated rings. The first-order valence-electron chi connectivity index (χ1n) is 5.84. The SMILES string of the molecule is CNC(=O)C(C)(C)CNC(=O)c1c(F)cc(Br)cc1F. The van der Waals surface area contributed by atoms with Crippen molar-refractivity contribution in [3.05, 3.63) is 33.8 Å². The fourth-order valence-electron chi connectivity index (χ4n) is 1.57. The first kappa shape index (κ1) is 16.6. The zero-order chi connectivity index (χ0) is 15.5. The van der Waals surface area contributed by atoms with E-state index >= 15 is 0 Å². The van der Waals surface area contributed by atoms with Crippen molar-refractivity contribution in [3.63, 3.8) is 0 Å². The molecule has 2 N–H and O–H groups in total. The average Bonchev–Trinajstić information content (AvgIpc) is 2.34. The molecular formula is C13H15BrF2N2O2. The summed E-state index contributed by atoms with van der Waals surface area (Å²) in [4.78, 5) is 23.4. The summed E-state index contributed by atoms with van der Waals surface area (Å²) in [5.41, 5.74) is -1.55. The molecular weight excluding hydrogens is 334 g/mol. The fourth-order valence-corrected chi connectivity index (χ4v) is 1.97. The summed E-state index contributed by atoms with van der Waals surface area (Å²) in [5, 5.41) is 4.81. The van der Waals surface area contributed by atoms with E-state index in [2.05, 4.69) is 26.6 Å². The predicted octanol–water partition coefficient (Wildman–Crippen LogP) is 2.23. The van der Waals surface area contributed by atoms with Gasteiger partial charge in [-0.3, -0.25) is 9.59 Å². The summed E-state index contributed by atoms with van der Waals surface area (Å²) in [6.45, 7) is 3.18. The van der Waals surface area contributed by atoms with Crippen LogP contribution in [0.3, 0.4) is 0 Å². The molecule has 0 saturated heterocycles. The number of halogens is 3. The van der Waals surface area contributed by atoms with Crippen LogP contribution in [0.1, 0.15) is 24.2 Å². The van der Waals surface area contributed by atoms with E-state index in [1.165, 1.54) is 7.05 Å². The molecule has 0 spiro atoms. The van der Waals surface area contributed by atoms with Gasteiger partial charge in [-0.2, -0.15) is 0 Å². The molecule has 4 nitrogen and oxygen atoms in total. The van der Waals surface area contributed by atoms with Gasteiger partial charge in [-0.1, -0.05) is 15.9 Å². The van der Waals surface area contributed by atoms with Crippen LogP contribution in [0.2, 0.25) is 0 Å². The molecule has 2 amide bonds. The summed E-state index contributed by atoms with van der Waals surface area (Å²) < 4.78 is 27.4. The summed E-state index contributed by atoms with van der Waals surface area (Å²) >= 11 is 2.93. The van der Waals surface area contributed by atoms with E-state index in [-0.39, 0.29) is 16.9 Å². The van der Waals surface area contributed by atoms with Crippen LogP contribution >= 0.6 is 15.9 Å². The van der Waals surface area contributed by atoms with Crippen molar-refractivity contribution in [2.75, 3.05) is 13.6 Å². The lowest BCUT2D eigenvalue weighted by molar-refractivity contribution is -0.128. The van der Waals surface area contributed by atoms with Gasteiger partial charge in [0.15, 0.2) is 0 Å². The van der Waals surface area contributed by atoms with Crippen LogP contribution in [-0.4, -0.2) is 25.4 Å². The maximum Gasteiger partial charge on any atom is 0.257 e. The third-order valence-corrected chi connectivity index (χ3v) is 3.22. The molecule has 0 bridgehead atoms. The van der Waals surface area contributed by atoms with Crippen molar-refractivity contribution in [2.45, 2.75) is 13.8 Å². The second-order valence-corrected chi connectivity index (χ2v) is 5.81. The lowest BCUT2D eigenvalue weighted by atomic mass is 9.92. The van der Waals surface area contributed by atoms with Crippen molar-refractivity contribution < 1.29 is 18.4 Å². The summed E-state index contributed by atoms with van der Waals surface area (Å²) in [6.07, 6.45) is 0. The fraction of sp³-hybridized carbons (Fsp3) is 0.385. The summed E-state index contributed by atoms with van der Waals surface area (Å²) in [5.74, 6) is -3.11. The van der Waals surface area contributed by atoms with Crippen LogP contribution in [-0.2, 0) is 4.79 Å². The van der Waals surface area contributed by atoms with Gasteiger partial charge in [0.1, 0.15) is 17.2 Å². The number of carbonyl (C=O) groups is 2. The van der Waals surface area contributed by atoms with Gasteiger partial charge in [0, 0.05) is 18.1 Å². The average molecular weight is 349 g/mol. The third-order valence-electron chi connectivity index (χ3n) is 2.77. The highest BCUT2D eigenvalue weighted by molar-refractivity contribution is 9.10. The highest BCUT2D eigenvalue weighted by atomic mass is 79.9. The molecule has 0 unspecified atom stereocenters. The molecule has 0 aromatic heterocycles. The van der Waals surface area contributed by atoms with E-state index in [4.69, 9.17) is 0 Å². The molecule has 110 valence electrons. The van der Waals surface area contributed by atoms with E-state index in [9.17, 15) is 18.4 Å². The van der Waals surface area contributed by atoms with Crippen molar-refractivity contribution in [2.24, 2.45) is 5.41 Å². The molecule has 1 aromatic carbocycles. The van der Waals surface area contributed by atoms with Crippen LogP contribution < -0.4 is 10.6 Å². The van der Waals surface area contributed by atoms with Gasteiger partial charge in [-0.15, -0.1) is 0 Å². The number of hydrogen-bond acceptors (Lipinski definition) is 2. The van der Waals surface area contributed by atoms with E-state index in [0.717, 1.165) is 12.1 Å². The van der Waals surface area contributed by atoms with Crippen LogP contribution in [0.15, 0.2) is 16.6 Å². The van der Waals surface area contributed by atoms with E-state index in [1.54, 1.807) is 13.8 Å². The van der Waals surface area contributed by atoms with Crippen molar-refractivity contribution >= 4 is 27.7 Å². The van der Waals surface area contributed by atoms with Crippen LogP contribution in [0.4, 0.5) is 8.78 Å². The number of benzene rings is 1. The number of rotatable bonds is 4. The van der Waals surface area contributed by atoms with E-state index in [0.29, 0.717) is 0 Å². The van der Waals surface area contributed by atoms with Gasteiger partial charge >= 0.3 is 0 Å². The number of hydrogen-bond donors (Lipinski definition) is 2. The Morgan fingerprint density at radius 3 is 2.20 bits per heavy atom. The van der Waals surface area contributed by atoms with Gasteiger partial charge in [0.05, 0.1) is 5.41 Å². The highest BCUT2D eigenvalue weighted by Gasteiger charge is 2.28. The van der Waals surface area contributed by atoms with Gasteiger partial charge < -0.3 is 10.6 Å². The normalized spacial score (nSPS) is 11.1. The Kier molecular flexibility index (Phi) is 5.21. The molecule has 20 heavy (non-hydrogen) atoms.